The van der Waals surface area contributed by atoms with E-state index in [2.05, 4.69) is 0 Å². The van der Waals surface area contributed by atoms with Gasteiger partial charge in [0, 0.05) is 5.02 Å². The largest absolute Gasteiger partial charge is 0.507 e. The summed E-state index contributed by atoms with van der Waals surface area (Å²) in [5.41, 5.74) is 0.946. The van der Waals surface area contributed by atoms with Gasteiger partial charge in [-0.2, -0.15) is 0 Å². The van der Waals surface area contributed by atoms with Crippen molar-refractivity contribution in [2.45, 2.75) is 6.61 Å². The first kappa shape index (κ1) is 14.4. The number of phenols is 1. The van der Waals surface area contributed by atoms with Gasteiger partial charge in [0.25, 0.3) is 0 Å². The first-order valence-corrected chi connectivity index (χ1v) is 7.14. The number of esters is 1. The number of aromatic hydroxyl groups is 1. The van der Waals surface area contributed by atoms with Crippen LogP contribution < -0.4 is 0 Å². The molecule has 0 heterocycles. The SMILES string of the molecule is O=C(OCc1cccc(Cl)c1)c1cc2ccccc2cc1O. The van der Waals surface area contributed by atoms with Gasteiger partial charge in [0.1, 0.15) is 17.9 Å². The van der Waals surface area contributed by atoms with Crippen LogP contribution in [0.4, 0.5) is 0 Å². The topological polar surface area (TPSA) is 46.5 Å². The van der Waals surface area contributed by atoms with Gasteiger partial charge in [-0.1, -0.05) is 48.0 Å². The highest BCUT2D eigenvalue weighted by Crippen LogP contribution is 2.26. The van der Waals surface area contributed by atoms with Crippen molar-refractivity contribution in [2.75, 3.05) is 0 Å². The third kappa shape index (κ3) is 3.05. The molecule has 4 heteroatoms. The number of rotatable bonds is 3. The van der Waals surface area contributed by atoms with E-state index in [-0.39, 0.29) is 17.9 Å². The standard InChI is InChI=1S/C18H13ClO3/c19-15-7-3-4-12(8-15)11-22-18(21)16-9-13-5-1-2-6-14(13)10-17(16)20/h1-10,20H,11H2. The Kier molecular flexibility index (Phi) is 3.98. The van der Waals surface area contributed by atoms with Crippen molar-refractivity contribution in [3.63, 3.8) is 0 Å². The molecule has 3 rings (SSSR count). The summed E-state index contributed by atoms with van der Waals surface area (Å²) in [7, 11) is 0. The van der Waals surface area contributed by atoms with Crippen LogP contribution in [-0.2, 0) is 11.3 Å². The molecule has 110 valence electrons. The molecule has 0 saturated carbocycles. The zero-order valence-electron chi connectivity index (χ0n) is 11.6. The van der Waals surface area contributed by atoms with Gasteiger partial charge in [0.05, 0.1) is 0 Å². The Hall–Kier alpha value is -2.52. The summed E-state index contributed by atoms with van der Waals surface area (Å²) in [4.78, 5) is 12.2. The Labute approximate surface area is 132 Å². The van der Waals surface area contributed by atoms with Crippen LogP contribution in [0.2, 0.25) is 5.02 Å². The highest BCUT2D eigenvalue weighted by molar-refractivity contribution is 6.30. The Balaban J connectivity index is 1.81. The van der Waals surface area contributed by atoms with E-state index in [0.29, 0.717) is 5.02 Å². The fourth-order valence-electron chi connectivity index (χ4n) is 2.25. The fourth-order valence-corrected chi connectivity index (χ4v) is 2.46. The van der Waals surface area contributed by atoms with E-state index >= 15 is 0 Å². The molecule has 0 radical (unpaired) electrons. The second-order valence-corrected chi connectivity index (χ2v) is 5.36. The maximum atomic E-state index is 12.2. The zero-order valence-corrected chi connectivity index (χ0v) is 12.4. The number of halogens is 1. The minimum Gasteiger partial charge on any atom is -0.507 e. The molecule has 1 N–H and O–H groups in total. The summed E-state index contributed by atoms with van der Waals surface area (Å²) in [6.07, 6.45) is 0. The van der Waals surface area contributed by atoms with E-state index in [4.69, 9.17) is 16.3 Å². The molecule has 3 nitrogen and oxygen atoms in total. The van der Waals surface area contributed by atoms with Crippen LogP contribution in [0.25, 0.3) is 10.8 Å². The summed E-state index contributed by atoms with van der Waals surface area (Å²) in [6, 6.07) is 17.8. The van der Waals surface area contributed by atoms with E-state index in [1.807, 2.05) is 30.3 Å². The average molecular weight is 313 g/mol. The Bertz CT molecular complexity index is 843. The molecule has 0 aliphatic carbocycles. The highest BCUT2D eigenvalue weighted by Gasteiger charge is 2.14. The van der Waals surface area contributed by atoms with Crippen LogP contribution in [0.15, 0.2) is 60.7 Å². The van der Waals surface area contributed by atoms with E-state index in [0.717, 1.165) is 16.3 Å². The molecule has 0 aliphatic heterocycles. The number of fused-ring (bicyclic) bond motifs is 1. The van der Waals surface area contributed by atoms with E-state index in [1.54, 1.807) is 30.3 Å². The van der Waals surface area contributed by atoms with Crippen LogP contribution >= 0.6 is 11.6 Å². The van der Waals surface area contributed by atoms with Crippen molar-refractivity contribution in [2.24, 2.45) is 0 Å². The summed E-state index contributed by atoms with van der Waals surface area (Å²) in [5.74, 6) is -0.655. The van der Waals surface area contributed by atoms with E-state index in [9.17, 15) is 9.90 Å². The summed E-state index contributed by atoms with van der Waals surface area (Å²) in [5, 5.41) is 12.3. The molecular formula is C18H13ClO3. The molecule has 22 heavy (non-hydrogen) atoms. The number of hydrogen-bond acceptors (Lipinski definition) is 3. The molecule has 0 unspecified atom stereocenters. The number of phenolic OH excluding ortho intramolecular Hbond substituents is 1. The predicted octanol–water partition coefficient (Wildman–Crippen LogP) is 4.56. The van der Waals surface area contributed by atoms with Crippen molar-refractivity contribution < 1.29 is 14.6 Å². The summed E-state index contributed by atoms with van der Waals surface area (Å²) in [6.45, 7) is 0.103. The normalized spacial score (nSPS) is 10.6. The van der Waals surface area contributed by atoms with Gasteiger partial charge in [-0.15, -0.1) is 0 Å². The molecule has 0 fully saturated rings. The molecule has 0 saturated heterocycles. The first-order valence-electron chi connectivity index (χ1n) is 6.77. The molecule has 0 amide bonds. The molecule has 0 bridgehead atoms. The summed E-state index contributed by atoms with van der Waals surface area (Å²) >= 11 is 5.89. The minimum atomic E-state index is -0.566. The van der Waals surface area contributed by atoms with Gasteiger partial charge in [-0.05, 0) is 40.6 Å². The van der Waals surface area contributed by atoms with Crippen molar-refractivity contribution in [3.8, 4) is 5.75 Å². The monoisotopic (exact) mass is 312 g/mol. The predicted molar refractivity (Wildman–Crippen MR) is 86.2 cm³/mol. The molecule has 0 atom stereocenters. The van der Waals surface area contributed by atoms with Crippen LogP contribution in [-0.4, -0.2) is 11.1 Å². The van der Waals surface area contributed by atoms with Crippen molar-refractivity contribution in [1.82, 2.24) is 0 Å². The third-order valence-electron chi connectivity index (χ3n) is 3.34. The lowest BCUT2D eigenvalue weighted by Crippen LogP contribution is -2.05. The van der Waals surface area contributed by atoms with Crippen LogP contribution in [0, 0.1) is 0 Å². The van der Waals surface area contributed by atoms with E-state index < -0.39 is 5.97 Å². The number of hydrogen-bond donors (Lipinski definition) is 1. The third-order valence-corrected chi connectivity index (χ3v) is 3.58. The lowest BCUT2D eigenvalue weighted by Gasteiger charge is -2.08. The lowest BCUT2D eigenvalue weighted by atomic mass is 10.1. The molecule has 0 aromatic heterocycles. The lowest BCUT2D eigenvalue weighted by molar-refractivity contribution is 0.0469. The molecule has 0 aliphatic rings. The van der Waals surface area contributed by atoms with Gasteiger partial charge < -0.3 is 9.84 Å². The zero-order chi connectivity index (χ0) is 15.5. The van der Waals surface area contributed by atoms with Crippen molar-refractivity contribution >= 4 is 28.3 Å². The minimum absolute atomic E-state index is 0.0882. The number of carbonyl (C=O) groups excluding carboxylic acids is 1. The second kappa shape index (κ2) is 6.08. The van der Waals surface area contributed by atoms with Gasteiger partial charge in [-0.3, -0.25) is 0 Å². The number of ether oxygens (including phenoxy) is 1. The van der Waals surface area contributed by atoms with Crippen LogP contribution in [0.1, 0.15) is 15.9 Å². The maximum Gasteiger partial charge on any atom is 0.342 e. The maximum absolute atomic E-state index is 12.2. The summed E-state index contributed by atoms with van der Waals surface area (Å²) < 4.78 is 5.24. The molecule has 0 spiro atoms. The Morgan fingerprint density at radius 3 is 2.45 bits per heavy atom. The Morgan fingerprint density at radius 1 is 1.00 bits per heavy atom. The van der Waals surface area contributed by atoms with Gasteiger partial charge in [0.15, 0.2) is 0 Å². The van der Waals surface area contributed by atoms with Crippen LogP contribution in [0.5, 0.6) is 5.75 Å². The Morgan fingerprint density at radius 2 is 1.73 bits per heavy atom. The quantitative estimate of drug-likeness (QED) is 0.721. The second-order valence-electron chi connectivity index (χ2n) is 4.92. The van der Waals surface area contributed by atoms with Gasteiger partial charge in [-0.25, -0.2) is 4.79 Å². The number of carbonyl (C=O) groups is 1. The van der Waals surface area contributed by atoms with E-state index in [1.165, 1.54) is 0 Å². The smallest absolute Gasteiger partial charge is 0.342 e. The van der Waals surface area contributed by atoms with Crippen molar-refractivity contribution in [3.05, 3.63) is 76.8 Å². The molecule has 3 aromatic rings. The van der Waals surface area contributed by atoms with Gasteiger partial charge in [0.2, 0.25) is 0 Å². The molecule has 3 aromatic carbocycles. The number of benzene rings is 3. The fraction of sp³-hybridized carbons (Fsp3) is 0.0556. The van der Waals surface area contributed by atoms with Crippen molar-refractivity contribution in [1.29, 1.82) is 0 Å². The van der Waals surface area contributed by atoms with Gasteiger partial charge >= 0.3 is 5.97 Å². The highest BCUT2D eigenvalue weighted by atomic mass is 35.5. The molecular weight excluding hydrogens is 300 g/mol. The average Bonchev–Trinajstić information content (AvgIpc) is 2.52. The van der Waals surface area contributed by atoms with Crippen LogP contribution in [0.3, 0.4) is 0 Å². The first-order chi connectivity index (χ1) is 10.6.